The SMILES string of the molecule is COc1ccc(-c2cc3[nH]c2=Cc2ccc([nH]2)C=c2ccc([nH]2)=Cc2ccc([nH]2)C=3)cc1OC. The smallest absolute Gasteiger partial charge is 0.161 e. The van der Waals surface area contributed by atoms with E-state index in [2.05, 4.69) is 86.7 Å². The zero-order valence-corrected chi connectivity index (χ0v) is 18.9. The highest BCUT2D eigenvalue weighted by molar-refractivity contribution is 5.70. The normalized spacial score (nSPS) is 12.2. The number of benzene rings is 1. The van der Waals surface area contributed by atoms with Crippen molar-refractivity contribution in [3.8, 4) is 22.6 Å². The Morgan fingerprint density at radius 2 is 1.09 bits per heavy atom. The van der Waals surface area contributed by atoms with Crippen LogP contribution in [0.5, 0.6) is 11.5 Å². The maximum atomic E-state index is 5.55. The van der Waals surface area contributed by atoms with Gasteiger partial charge in [0, 0.05) is 49.7 Å². The van der Waals surface area contributed by atoms with Crippen LogP contribution in [0.15, 0.2) is 60.7 Å². The van der Waals surface area contributed by atoms with E-state index in [0.29, 0.717) is 11.5 Å². The highest BCUT2D eigenvalue weighted by Gasteiger charge is 2.09. The highest BCUT2D eigenvalue weighted by Crippen LogP contribution is 2.31. The summed E-state index contributed by atoms with van der Waals surface area (Å²) in [5.74, 6) is 1.40. The Morgan fingerprint density at radius 3 is 1.71 bits per heavy atom. The van der Waals surface area contributed by atoms with E-state index < -0.39 is 0 Å². The van der Waals surface area contributed by atoms with Crippen LogP contribution in [-0.4, -0.2) is 34.2 Å². The van der Waals surface area contributed by atoms with E-state index in [4.69, 9.17) is 9.47 Å². The maximum absolute atomic E-state index is 5.55. The number of ether oxygens (including phenoxy) is 2. The van der Waals surface area contributed by atoms with Crippen LogP contribution >= 0.6 is 0 Å². The number of H-pyrrole nitrogens is 4. The Hall–Kier alpha value is -4.58. The van der Waals surface area contributed by atoms with Gasteiger partial charge in [0.05, 0.1) is 14.2 Å². The molecule has 1 aliphatic heterocycles. The van der Waals surface area contributed by atoms with Gasteiger partial charge in [-0.2, -0.15) is 0 Å². The second kappa shape index (κ2) is 8.08. The summed E-state index contributed by atoms with van der Waals surface area (Å²) in [7, 11) is 3.30. The van der Waals surface area contributed by atoms with Gasteiger partial charge in [-0.05, 0) is 84.5 Å². The van der Waals surface area contributed by atoms with Crippen molar-refractivity contribution < 1.29 is 9.47 Å². The first-order valence-corrected chi connectivity index (χ1v) is 11.1. The van der Waals surface area contributed by atoms with E-state index in [1.54, 1.807) is 14.2 Å². The van der Waals surface area contributed by atoms with Crippen molar-refractivity contribution in [2.24, 2.45) is 0 Å². The Labute approximate surface area is 195 Å². The summed E-state index contributed by atoms with van der Waals surface area (Å²) in [5.41, 5.74) is 6.20. The third-order valence-electron chi connectivity index (χ3n) is 5.99. The predicted octanol–water partition coefficient (Wildman–Crippen LogP) is 2.31. The lowest BCUT2D eigenvalue weighted by Crippen LogP contribution is -2.11. The van der Waals surface area contributed by atoms with E-state index in [1.165, 1.54) is 0 Å². The van der Waals surface area contributed by atoms with Crippen LogP contribution in [0.4, 0.5) is 0 Å². The van der Waals surface area contributed by atoms with Gasteiger partial charge in [-0.25, -0.2) is 0 Å². The Bertz CT molecular complexity index is 1740. The van der Waals surface area contributed by atoms with E-state index in [1.807, 2.05) is 18.2 Å². The van der Waals surface area contributed by atoms with Gasteiger partial charge in [0.15, 0.2) is 11.5 Å². The number of hydrogen-bond acceptors (Lipinski definition) is 2. The van der Waals surface area contributed by atoms with Crippen LogP contribution < -0.4 is 30.9 Å². The molecular weight excluding hydrogens is 424 g/mol. The van der Waals surface area contributed by atoms with Crippen molar-refractivity contribution in [2.75, 3.05) is 14.2 Å². The minimum absolute atomic E-state index is 0.697. The Morgan fingerprint density at radius 1 is 0.500 bits per heavy atom. The number of aromatic nitrogens is 4. The molecule has 34 heavy (non-hydrogen) atoms. The van der Waals surface area contributed by atoms with Crippen LogP contribution in [0.3, 0.4) is 0 Å². The molecule has 0 aliphatic carbocycles. The average Bonchev–Trinajstić information content (AvgIpc) is 3.64. The summed E-state index contributed by atoms with van der Waals surface area (Å²) in [6, 6.07) is 20.6. The number of fused-ring (bicyclic) bond motifs is 8. The van der Waals surface area contributed by atoms with Gasteiger partial charge in [0.1, 0.15) is 0 Å². The molecule has 6 nitrogen and oxygen atoms in total. The Balaban J connectivity index is 1.59. The molecule has 0 amide bonds. The van der Waals surface area contributed by atoms with Gasteiger partial charge in [0.25, 0.3) is 0 Å². The number of methoxy groups -OCH3 is 2. The molecule has 4 aromatic heterocycles. The molecule has 8 bridgehead atoms. The van der Waals surface area contributed by atoms with Gasteiger partial charge in [0.2, 0.25) is 0 Å². The zero-order valence-electron chi connectivity index (χ0n) is 18.9. The van der Waals surface area contributed by atoms with Crippen LogP contribution in [0, 0.1) is 0 Å². The zero-order chi connectivity index (χ0) is 23.1. The first-order chi connectivity index (χ1) is 16.7. The Kier molecular flexibility index (Phi) is 4.77. The molecule has 0 spiro atoms. The predicted molar refractivity (Wildman–Crippen MR) is 134 cm³/mol. The molecule has 4 N–H and O–H groups in total. The molecule has 6 heteroatoms. The lowest BCUT2D eigenvalue weighted by atomic mass is 10.1. The topological polar surface area (TPSA) is 81.6 Å². The second-order valence-corrected chi connectivity index (χ2v) is 8.31. The standard InChI is InChI=1S/C28H24N4O2/c1-33-27-10-3-17(11-28(27)34-2)25-15-24-14-22-7-6-20(30-22)12-18-4-5-19(29-18)13-21-8-9-23(31-21)16-26(25)32-24/h3-16,29-32H,1-2H3. The van der Waals surface area contributed by atoms with Gasteiger partial charge in [-0.1, -0.05) is 6.07 Å². The maximum Gasteiger partial charge on any atom is 0.161 e. The molecule has 0 radical (unpaired) electrons. The lowest BCUT2D eigenvalue weighted by molar-refractivity contribution is 0.355. The molecule has 1 aromatic carbocycles. The van der Waals surface area contributed by atoms with Crippen LogP contribution in [0.25, 0.3) is 35.4 Å². The number of rotatable bonds is 3. The fourth-order valence-corrected chi connectivity index (χ4v) is 4.38. The lowest BCUT2D eigenvalue weighted by Gasteiger charge is -2.09. The highest BCUT2D eigenvalue weighted by atomic mass is 16.5. The van der Waals surface area contributed by atoms with Crippen LogP contribution in [0.2, 0.25) is 0 Å². The summed E-state index contributed by atoms with van der Waals surface area (Å²) in [6.45, 7) is 0. The van der Waals surface area contributed by atoms with E-state index >= 15 is 0 Å². The first kappa shape index (κ1) is 20.1. The van der Waals surface area contributed by atoms with Crippen molar-refractivity contribution >= 4 is 24.3 Å². The number of nitrogens with one attached hydrogen (secondary N) is 4. The minimum Gasteiger partial charge on any atom is -0.493 e. The summed E-state index contributed by atoms with van der Waals surface area (Å²) in [4.78, 5) is 14.0. The molecule has 5 heterocycles. The average molecular weight is 449 g/mol. The van der Waals surface area contributed by atoms with E-state index in [0.717, 1.165) is 55.3 Å². The van der Waals surface area contributed by atoms with Crippen molar-refractivity contribution in [1.29, 1.82) is 0 Å². The molecule has 0 unspecified atom stereocenters. The molecule has 1 aliphatic rings. The van der Waals surface area contributed by atoms with E-state index in [-0.39, 0.29) is 0 Å². The summed E-state index contributed by atoms with van der Waals surface area (Å²) >= 11 is 0. The molecule has 0 atom stereocenters. The van der Waals surface area contributed by atoms with Gasteiger partial charge >= 0.3 is 0 Å². The van der Waals surface area contributed by atoms with Crippen LogP contribution in [-0.2, 0) is 0 Å². The molecule has 0 saturated heterocycles. The third-order valence-corrected chi connectivity index (χ3v) is 5.99. The van der Waals surface area contributed by atoms with Gasteiger partial charge in [-0.15, -0.1) is 0 Å². The van der Waals surface area contributed by atoms with Crippen molar-refractivity contribution in [3.05, 3.63) is 105 Å². The molecule has 5 aromatic rings. The molecular formula is C28H24N4O2. The molecule has 0 saturated carbocycles. The molecule has 0 fully saturated rings. The number of hydrogen-bond donors (Lipinski definition) is 4. The summed E-state index contributed by atoms with van der Waals surface area (Å²) in [5, 5.41) is 4.08. The van der Waals surface area contributed by atoms with Crippen molar-refractivity contribution in [3.63, 3.8) is 0 Å². The van der Waals surface area contributed by atoms with Gasteiger partial charge < -0.3 is 29.4 Å². The summed E-state index contributed by atoms with van der Waals surface area (Å²) in [6.07, 6.45) is 8.44. The second-order valence-electron chi connectivity index (χ2n) is 8.31. The fourth-order valence-electron chi connectivity index (χ4n) is 4.38. The van der Waals surface area contributed by atoms with Gasteiger partial charge in [-0.3, -0.25) is 0 Å². The monoisotopic (exact) mass is 448 g/mol. The summed E-state index contributed by atoms with van der Waals surface area (Å²) < 4.78 is 11.0. The quantitative estimate of drug-likeness (QED) is 0.335. The minimum atomic E-state index is 0.697. The first-order valence-electron chi connectivity index (χ1n) is 11.1. The van der Waals surface area contributed by atoms with Crippen molar-refractivity contribution in [1.82, 2.24) is 19.9 Å². The largest absolute Gasteiger partial charge is 0.493 e. The van der Waals surface area contributed by atoms with E-state index in [9.17, 15) is 0 Å². The molecule has 168 valence electrons. The van der Waals surface area contributed by atoms with Crippen LogP contribution in [0.1, 0.15) is 22.8 Å². The number of aromatic amines is 4. The third kappa shape index (κ3) is 3.75. The fraction of sp³-hybridized carbons (Fsp3) is 0.0714. The molecule has 6 rings (SSSR count). The van der Waals surface area contributed by atoms with Crippen molar-refractivity contribution in [2.45, 2.75) is 0 Å².